The first-order valence-corrected chi connectivity index (χ1v) is 8.42. The number of nitrogens with zero attached hydrogens (tertiary/aromatic N) is 4. The van der Waals surface area contributed by atoms with E-state index in [4.69, 9.17) is 0 Å². The van der Waals surface area contributed by atoms with Crippen molar-refractivity contribution in [1.29, 1.82) is 0 Å². The lowest BCUT2D eigenvalue weighted by atomic mass is 10.1. The summed E-state index contributed by atoms with van der Waals surface area (Å²) < 4.78 is 55.9. The quantitative estimate of drug-likeness (QED) is 0.484. The van der Waals surface area contributed by atoms with Gasteiger partial charge >= 0.3 is 6.18 Å². The van der Waals surface area contributed by atoms with E-state index >= 15 is 0 Å². The Morgan fingerprint density at radius 1 is 0.897 bits per heavy atom. The van der Waals surface area contributed by atoms with Crippen LogP contribution in [0.4, 0.5) is 17.6 Å². The molecule has 0 radical (unpaired) electrons. The Kier molecular flexibility index (Phi) is 4.50. The molecule has 0 amide bonds. The van der Waals surface area contributed by atoms with Crippen molar-refractivity contribution in [2.75, 3.05) is 0 Å². The normalized spacial score (nSPS) is 11.6. The van der Waals surface area contributed by atoms with E-state index < -0.39 is 28.7 Å². The summed E-state index contributed by atoms with van der Waals surface area (Å²) in [5.41, 5.74) is -1.41. The standard InChI is InChI=1S/C20H12F4N4O/c21-18-14(20(22,23)24)7-4-8-15(18)27-12-10-17(29)19(26-27)16-9-11-25-28(16)13-5-2-1-3-6-13/h1-12H. The second kappa shape index (κ2) is 7.01. The van der Waals surface area contributed by atoms with Crippen molar-refractivity contribution in [3.05, 3.63) is 94.7 Å². The molecule has 5 nitrogen and oxygen atoms in total. The fourth-order valence-corrected chi connectivity index (χ4v) is 2.89. The highest BCUT2D eigenvalue weighted by atomic mass is 19.4. The molecule has 146 valence electrons. The van der Waals surface area contributed by atoms with Gasteiger partial charge in [-0.3, -0.25) is 4.79 Å². The molecule has 0 spiro atoms. The highest BCUT2D eigenvalue weighted by Crippen LogP contribution is 2.33. The first kappa shape index (κ1) is 18.6. The number of para-hydroxylation sites is 1. The third-order valence-electron chi connectivity index (χ3n) is 4.22. The van der Waals surface area contributed by atoms with Crippen molar-refractivity contribution in [3.63, 3.8) is 0 Å². The van der Waals surface area contributed by atoms with E-state index in [1.54, 1.807) is 30.3 Å². The molecule has 4 rings (SSSR count). The molecular weight excluding hydrogens is 388 g/mol. The van der Waals surface area contributed by atoms with Gasteiger partial charge in [0.1, 0.15) is 5.69 Å². The zero-order valence-corrected chi connectivity index (χ0v) is 14.6. The minimum atomic E-state index is -4.85. The van der Waals surface area contributed by atoms with Gasteiger partial charge in [0.2, 0.25) is 5.43 Å². The van der Waals surface area contributed by atoms with Gasteiger partial charge in [-0.1, -0.05) is 24.3 Å². The van der Waals surface area contributed by atoms with Crippen molar-refractivity contribution >= 4 is 0 Å². The summed E-state index contributed by atoms with van der Waals surface area (Å²) in [5, 5.41) is 8.27. The molecule has 0 aliphatic carbocycles. The van der Waals surface area contributed by atoms with Crippen LogP contribution in [0.25, 0.3) is 22.8 Å². The lowest BCUT2D eigenvalue weighted by Crippen LogP contribution is -2.17. The summed E-state index contributed by atoms with van der Waals surface area (Å²) >= 11 is 0. The number of rotatable bonds is 3. The Labute approximate surface area is 161 Å². The Balaban J connectivity index is 1.87. The topological polar surface area (TPSA) is 52.7 Å². The van der Waals surface area contributed by atoms with Gasteiger partial charge in [0.25, 0.3) is 0 Å². The minimum Gasteiger partial charge on any atom is -0.287 e. The zero-order valence-electron chi connectivity index (χ0n) is 14.6. The van der Waals surface area contributed by atoms with Crippen LogP contribution in [0.2, 0.25) is 0 Å². The van der Waals surface area contributed by atoms with E-state index in [0.717, 1.165) is 29.1 Å². The van der Waals surface area contributed by atoms with Crippen molar-refractivity contribution in [1.82, 2.24) is 19.6 Å². The van der Waals surface area contributed by atoms with E-state index in [-0.39, 0.29) is 5.69 Å². The number of hydrogen-bond acceptors (Lipinski definition) is 3. The number of benzene rings is 2. The molecule has 0 atom stereocenters. The summed E-state index contributed by atoms with van der Waals surface area (Å²) in [6, 6.07) is 14.5. The summed E-state index contributed by atoms with van der Waals surface area (Å²) in [5.74, 6) is -1.47. The molecule has 0 aliphatic heterocycles. The Hall–Kier alpha value is -3.75. The van der Waals surface area contributed by atoms with Crippen LogP contribution in [0.15, 0.2) is 77.9 Å². The van der Waals surface area contributed by atoms with E-state index in [0.29, 0.717) is 17.4 Å². The highest BCUT2D eigenvalue weighted by molar-refractivity contribution is 5.57. The fraction of sp³-hybridized carbons (Fsp3) is 0.0500. The Bertz CT molecular complexity index is 1230. The van der Waals surface area contributed by atoms with Gasteiger partial charge in [-0.2, -0.15) is 23.4 Å². The van der Waals surface area contributed by atoms with Crippen LogP contribution in [0.5, 0.6) is 0 Å². The summed E-state index contributed by atoms with van der Waals surface area (Å²) in [7, 11) is 0. The molecule has 2 heterocycles. The van der Waals surface area contributed by atoms with Crippen LogP contribution >= 0.6 is 0 Å². The van der Waals surface area contributed by atoms with Gasteiger partial charge in [0.15, 0.2) is 11.5 Å². The lowest BCUT2D eigenvalue weighted by Gasteiger charge is -2.13. The molecule has 2 aromatic heterocycles. The molecule has 0 saturated carbocycles. The second-order valence-electron chi connectivity index (χ2n) is 6.07. The molecule has 0 unspecified atom stereocenters. The van der Waals surface area contributed by atoms with E-state index in [1.165, 1.54) is 10.9 Å². The fourth-order valence-electron chi connectivity index (χ4n) is 2.89. The predicted molar refractivity (Wildman–Crippen MR) is 97.4 cm³/mol. The average Bonchev–Trinajstić information content (AvgIpc) is 3.18. The highest BCUT2D eigenvalue weighted by Gasteiger charge is 2.35. The number of halogens is 4. The molecule has 29 heavy (non-hydrogen) atoms. The third-order valence-corrected chi connectivity index (χ3v) is 4.22. The second-order valence-corrected chi connectivity index (χ2v) is 6.07. The maximum atomic E-state index is 14.5. The first-order valence-electron chi connectivity index (χ1n) is 8.42. The lowest BCUT2D eigenvalue weighted by molar-refractivity contribution is -0.140. The van der Waals surface area contributed by atoms with Crippen LogP contribution in [0.3, 0.4) is 0 Å². The van der Waals surface area contributed by atoms with Crippen LogP contribution in [0.1, 0.15) is 5.56 Å². The number of aromatic nitrogens is 4. The third kappa shape index (κ3) is 3.42. The van der Waals surface area contributed by atoms with Gasteiger partial charge < -0.3 is 0 Å². The molecule has 4 aromatic rings. The Morgan fingerprint density at radius 3 is 2.38 bits per heavy atom. The maximum absolute atomic E-state index is 14.5. The van der Waals surface area contributed by atoms with Crippen LogP contribution in [-0.4, -0.2) is 19.6 Å². The van der Waals surface area contributed by atoms with Crippen molar-refractivity contribution in [2.45, 2.75) is 6.18 Å². The van der Waals surface area contributed by atoms with Gasteiger partial charge in [0.05, 0.1) is 23.1 Å². The monoisotopic (exact) mass is 400 g/mol. The molecule has 9 heteroatoms. The van der Waals surface area contributed by atoms with Gasteiger partial charge in [-0.15, -0.1) is 0 Å². The van der Waals surface area contributed by atoms with Crippen LogP contribution in [0, 0.1) is 5.82 Å². The van der Waals surface area contributed by atoms with E-state index in [2.05, 4.69) is 10.2 Å². The van der Waals surface area contributed by atoms with Gasteiger partial charge in [0, 0.05) is 12.3 Å². The molecule has 0 bridgehead atoms. The van der Waals surface area contributed by atoms with E-state index in [9.17, 15) is 22.4 Å². The predicted octanol–water partition coefficient (Wildman–Crippen LogP) is 4.24. The summed E-state index contributed by atoms with van der Waals surface area (Å²) in [4.78, 5) is 12.4. The summed E-state index contributed by atoms with van der Waals surface area (Å²) in [6.45, 7) is 0. The minimum absolute atomic E-state index is 0.0781. The van der Waals surface area contributed by atoms with Crippen LogP contribution < -0.4 is 5.43 Å². The Morgan fingerprint density at radius 2 is 1.66 bits per heavy atom. The molecule has 0 fully saturated rings. The van der Waals surface area contributed by atoms with Gasteiger partial charge in [-0.25, -0.2) is 13.8 Å². The molecular formula is C20H12F4N4O. The molecule has 0 N–H and O–H groups in total. The average molecular weight is 400 g/mol. The largest absolute Gasteiger partial charge is 0.419 e. The smallest absolute Gasteiger partial charge is 0.287 e. The zero-order chi connectivity index (χ0) is 20.6. The molecule has 0 aliphatic rings. The maximum Gasteiger partial charge on any atom is 0.419 e. The van der Waals surface area contributed by atoms with E-state index in [1.807, 2.05) is 6.07 Å². The SMILES string of the molecule is O=c1ccn(-c2cccc(C(F)(F)F)c2F)nc1-c1ccnn1-c1ccccc1. The first-order chi connectivity index (χ1) is 13.9. The summed E-state index contributed by atoms with van der Waals surface area (Å²) in [6.07, 6.45) is -2.27. The van der Waals surface area contributed by atoms with Crippen molar-refractivity contribution in [3.8, 4) is 22.8 Å². The number of hydrogen-bond donors (Lipinski definition) is 0. The molecule has 0 saturated heterocycles. The molecule has 2 aromatic carbocycles. The van der Waals surface area contributed by atoms with Crippen LogP contribution in [-0.2, 0) is 6.18 Å². The van der Waals surface area contributed by atoms with Crippen molar-refractivity contribution in [2.24, 2.45) is 0 Å². The van der Waals surface area contributed by atoms with Gasteiger partial charge in [-0.05, 0) is 30.3 Å². The number of alkyl halides is 3. The van der Waals surface area contributed by atoms with Crippen molar-refractivity contribution < 1.29 is 17.6 Å².